The largest absolute Gasteiger partial charge is 0.507 e. The monoisotopic (exact) mass is 1030 g/mol. The van der Waals surface area contributed by atoms with Gasteiger partial charge in [0.2, 0.25) is 0 Å². The minimum atomic E-state index is -1.62. The second kappa shape index (κ2) is 24.0. The Morgan fingerprint density at radius 3 is 1.48 bits per heavy atom. The molecular weight excluding hydrogens is 929 g/mol. The quantitative estimate of drug-likeness (QED) is 0.0680. The van der Waals surface area contributed by atoms with Crippen LogP contribution >= 0.6 is 0 Å². The number of hydrogen-bond acceptors (Lipinski definition) is 8. The fraction of sp³-hybridized carbons (Fsp3) is 0.701. The highest BCUT2D eigenvalue weighted by Crippen LogP contribution is 2.46. The van der Waals surface area contributed by atoms with E-state index in [4.69, 9.17) is 14.2 Å². The van der Waals surface area contributed by atoms with Crippen molar-refractivity contribution < 1.29 is 28.9 Å². The zero-order valence-electron chi connectivity index (χ0n) is 50.4. The SMILES string of the molecule is CCCCC[C@H]1CC[C@H](c2ccc(-c3ccc(OCCCCCCC(Cc4cc(C(C)(C)C)c(O)c(C(C)(C)C)c4)(C(=O)OC4CC(C)(C)N(C)C(C)(C)C4)C(=O)OC4CC(C)(C)N(C)C(C)(C)C4)cc3)cc2)CC1. The summed E-state index contributed by atoms with van der Waals surface area (Å²) in [6.07, 6.45) is 16.2. The van der Waals surface area contributed by atoms with E-state index in [0.29, 0.717) is 44.6 Å². The molecule has 6 rings (SSSR count). The van der Waals surface area contributed by atoms with Gasteiger partial charge in [0.1, 0.15) is 23.7 Å². The van der Waals surface area contributed by atoms with Crippen LogP contribution in [0, 0.1) is 11.3 Å². The Morgan fingerprint density at radius 1 is 0.600 bits per heavy atom. The molecule has 2 aliphatic heterocycles. The number of ether oxygens (including phenoxy) is 3. The van der Waals surface area contributed by atoms with E-state index < -0.39 is 28.2 Å². The Hall–Kier alpha value is -3.88. The van der Waals surface area contributed by atoms with Crippen LogP contribution in [0.1, 0.15) is 241 Å². The molecular formula is C67H104N2O6. The molecule has 1 saturated carbocycles. The molecule has 8 heteroatoms. The van der Waals surface area contributed by atoms with Crippen LogP contribution in [-0.2, 0) is 36.3 Å². The molecule has 0 spiro atoms. The number of hydrogen-bond donors (Lipinski definition) is 1. The van der Waals surface area contributed by atoms with E-state index in [1.54, 1.807) is 0 Å². The maximum atomic E-state index is 15.6. The van der Waals surface area contributed by atoms with Crippen LogP contribution in [0.25, 0.3) is 11.1 Å². The number of nitrogens with zero attached hydrogens (tertiary/aromatic N) is 2. The number of aromatic hydroxyl groups is 1. The van der Waals surface area contributed by atoms with Gasteiger partial charge in [-0.3, -0.25) is 19.4 Å². The molecule has 0 bridgehead atoms. The van der Waals surface area contributed by atoms with Gasteiger partial charge in [-0.25, -0.2) is 0 Å². The summed E-state index contributed by atoms with van der Waals surface area (Å²) < 4.78 is 19.8. The van der Waals surface area contributed by atoms with Crippen molar-refractivity contribution in [2.24, 2.45) is 11.3 Å². The molecule has 0 aromatic heterocycles. The molecule has 0 amide bonds. The van der Waals surface area contributed by atoms with Gasteiger partial charge in [0.15, 0.2) is 5.41 Å². The van der Waals surface area contributed by atoms with Crippen LogP contribution in [-0.4, -0.2) is 81.9 Å². The van der Waals surface area contributed by atoms with Crippen molar-refractivity contribution in [1.29, 1.82) is 0 Å². The summed E-state index contributed by atoms with van der Waals surface area (Å²) in [5.41, 5.74) is 2.97. The zero-order chi connectivity index (χ0) is 55.4. The Balaban J connectivity index is 1.19. The maximum absolute atomic E-state index is 15.6. The van der Waals surface area contributed by atoms with Crippen molar-refractivity contribution in [3.8, 4) is 22.6 Å². The maximum Gasteiger partial charge on any atom is 0.324 e. The minimum absolute atomic E-state index is 0.110. The first-order valence-electron chi connectivity index (χ1n) is 29.5. The molecule has 418 valence electrons. The summed E-state index contributed by atoms with van der Waals surface area (Å²) in [5, 5.41) is 11.8. The topological polar surface area (TPSA) is 88.5 Å². The van der Waals surface area contributed by atoms with Crippen LogP contribution in [0.5, 0.6) is 11.5 Å². The number of carbonyl (C=O) groups excluding carboxylic acids is 2. The molecule has 75 heavy (non-hydrogen) atoms. The van der Waals surface area contributed by atoms with Gasteiger partial charge in [-0.15, -0.1) is 0 Å². The van der Waals surface area contributed by atoms with Gasteiger partial charge >= 0.3 is 11.9 Å². The van der Waals surface area contributed by atoms with E-state index in [0.717, 1.165) is 47.6 Å². The normalized spacial score (nSPS) is 21.7. The molecule has 1 N–H and O–H groups in total. The van der Waals surface area contributed by atoms with Crippen LogP contribution < -0.4 is 4.74 Å². The standard InChI is InChI=1S/C67H104N2O6/c1-18-19-22-25-47-26-28-49(29-27-47)50-30-32-51(33-31-50)52-34-36-53(37-35-52)73-39-24-21-20-23-38-67(59(71)74-54-43-63(8,9)68(16)64(10,11)44-54,60(72)75-55-45-65(12,13)69(17)66(14,15)46-55)42-48-40-56(61(2,3)4)58(70)57(41-48)62(5,6)7/h30-37,40-41,47,49,54-55,70H,18-29,38-39,42-46H2,1-17H3/t47-,49-. The second-order valence-corrected chi connectivity index (χ2v) is 28.4. The van der Waals surface area contributed by atoms with Gasteiger partial charge < -0.3 is 19.3 Å². The molecule has 3 aromatic rings. The lowest BCUT2D eigenvalue weighted by Crippen LogP contribution is -2.61. The first-order chi connectivity index (χ1) is 34.9. The number of benzene rings is 3. The predicted molar refractivity (Wildman–Crippen MR) is 311 cm³/mol. The van der Waals surface area contributed by atoms with E-state index in [1.165, 1.54) is 68.1 Å². The Morgan fingerprint density at radius 2 is 1.04 bits per heavy atom. The number of carbonyl (C=O) groups is 2. The van der Waals surface area contributed by atoms with E-state index in [2.05, 4.69) is 176 Å². The molecule has 0 radical (unpaired) electrons. The number of piperidine rings is 2. The minimum Gasteiger partial charge on any atom is -0.507 e. The smallest absolute Gasteiger partial charge is 0.324 e. The van der Waals surface area contributed by atoms with Crippen molar-refractivity contribution in [1.82, 2.24) is 9.80 Å². The van der Waals surface area contributed by atoms with E-state index in [1.807, 2.05) is 12.1 Å². The average molecular weight is 1030 g/mol. The molecule has 8 nitrogen and oxygen atoms in total. The average Bonchev–Trinajstić information content (AvgIpc) is 3.31. The molecule has 2 saturated heterocycles. The van der Waals surface area contributed by atoms with Crippen molar-refractivity contribution in [2.45, 2.75) is 271 Å². The van der Waals surface area contributed by atoms with E-state index in [-0.39, 0.29) is 53.0 Å². The summed E-state index contributed by atoms with van der Waals surface area (Å²) >= 11 is 0. The van der Waals surface area contributed by atoms with Crippen molar-refractivity contribution in [2.75, 3.05) is 20.7 Å². The molecule has 3 aliphatic rings. The Bertz CT molecular complexity index is 2210. The highest BCUT2D eigenvalue weighted by atomic mass is 16.6. The molecule has 0 unspecified atom stereocenters. The van der Waals surface area contributed by atoms with Gasteiger partial charge in [-0.05, 0) is 183 Å². The number of phenols is 1. The van der Waals surface area contributed by atoms with Gasteiger partial charge in [0.25, 0.3) is 0 Å². The van der Waals surface area contributed by atoms with Gasteiger partial charge in [0.05, 0.1) is 6.61 Å². The highest BCUT2D eigenvalue weighted by molar-refractivity contribution is 6.00. The van der Waals surface area contributed by atoms with Crippen LogP contribution in [0.4, 0.5) is 0 Å². The highest BCUT2D eigenvalue weighted by Gasteiger charge is 2.54. The van der Waals surface area contributed by atoms with E-state index >= 15 is 9.59 Å². The molecule has 1 aliphatic carbocycles. The fourth-order valence-corrected chi connectivity index (χ4v) is 13.3. The lowest BCUT2D eigenvalue weighted by molar-refractivity contribution is -0.188. The van der Waals surface area contributed by atoms with Crippen LogP contribution in [0.15, 0.2) is 60.7 Å². The third-order valence-electron chi connectivity index (χ3n) is 18.6. The summed E-state index contributed by atoms with van der Waals surface area (Å²) in [4.78, 5) is 36.0. The Labute approximate surface area is 456 Å². The number of phenolic OH excluding ortho intramolecular Hbond substituents is 1. The Kier molecular flexibility index (Phi) is 19.3. The van der Waals surface area contributed by atoms with Crippen LogP contribution in [0.2, 0.25) is 0 Å². The second-order valence-electron chi connectivity index (χ2n) is 28.4. The van der Waals surface area contributed by atoms with Crippen molar-refractivity contribution in [3.63, 3.8) is 0 Å². The number of esters is 2. The molecule has 0 atom stereocenters. The first kappa shape index (κ1) is 60.4. The third-order valence-corrected chi connectivity index (χ3v) is 18.6. The molecule has 3 fully saturated rings. The first-order valence-corrected chi connectivity index (χ1v) is 29.5. The van der Waals surface area contributed by atoms with Crippen LogP contribution in [0.3, 0.4) is 0 Å². The van der Waals surface area contributed by atoms with Gasteiger partial charge in [-0.1, -0.05) is 142 Å². The van der Waals surface area contributed by atoms with Gasteiger partial charge in [-0.2, -0.15) is 0 Å². The summed E-state index contributed by atoms with van der Waals surface area (Å²) in [6.45, 7) is 33.1. The zero-order valence-corrected chi connectivity index (χ0v) is 50.4. The third kappa shape index (κ3) is 15.0. The van der Waals surface area contributed by atoms with Crippen molar-refractivity contribution >= 4 is 11.9 Å². The predicted octanol–water partition coefficient (Wildman–Crippen LogP) is 16.5. The number of rotatable bonds is 20. The lowest BCUT2D eigenvalue weighted by Gasteiger charge is -2.53. The summed E-state index contributed by atoms with van der Waals surface area (Å²) in [7, 11) is 4.30. The molecule has 2 heterocycles. The number of unbranched alkanes of at least 4 members (excludes halogenated alkanes) is 5. The molecule has 3 aromatic carbocycles. The fourth-order valence-electron chi connectivity index (χ4n) is 13.3. The van der Waals surface area contributed by atoms with E-state index in [9.17, 15) is 5.11 Å². The summed E-state index contributed by atoms with van der Waals surface area (Å²) in [6, 6.07) is 21.8. The number of likely N-dealkylation sites (tertiary alicyclic amines) is 2. The lowest BCUT2D eigenvalue weighted by atomic mass is 9.73. The van der Waals surface area contributed by atoms with Crippen molar-refractivity contribution in [3.05, 3.63) is 82.9 Å². The summed E-state index contributed by atoms with van der Waals surface area (Å²) in [5.74, 6) is 1.74. The van der Waals surface area contributed by atoms with Gasteiger partial charge in [0, 0.05) is 47.8 Å².